The lowest BCUT2D eigenvalue weighted by Gasteiger charge is -2.29. The summed E-state index contributed by atoms with van der Waals surface area (Å²) in [6.07, 6.45) is 0.542. The molecule has 6 heteroatoms. The Balaban J connectivity index is 1.51. The Hall–Kier alpha value is -3.15. The number of benzene rings is 2. The van der Waals surface area contributed by atoms with Gasteiger partial charge in [0.15, 0.2) is 0 Å². The number of likely N-dealkylation sites (N-methyl/N-ethyl adjacent to an activating group) is 1. The van der Waals surface area contributed by atoms with Crippen LogP contribution in [0.5, 0.6) is 0 Å². The van der Waals surface area contributed by atoms with Crippen molar-refractivity contribution in [3.05, 3.63) is 71.2 Å². The minimum Gasteiger partial charge on any atom is -0.357 e. The van der Waals surface area contributed by atoms with Crippen LogP contribution in [0.2, 0.25) is 0 Å². The van der Waals surface area contributed by atoms with Gasteiger partial charge >= 0.3 is 0 Å². The van der Waals surface area contributed by atoms with E-state index in [1.165, 1.54) is 12.1 Å². The highest BCUT2D eigenvalue weighted by Crippen LogP contribution is 2.26. The molecule has 1 aliphatic heterocycles. The molecule has 2 aromatic carbocycles. The van der Waals surface area contributed by atoms with Crippen molar-refractivity contribution < 1.29 is 14.0 Å². The lowest BCUT2D eigenvalue weighted by molar-refractivity contribution is -0.135. The molecule has 28 heavy (non-hydrogen) atoms. The molecule has 0 bridgehead atoms. The molecule has 1 N–H and O–H groups in total. The number of carbonyl (C=O) groups excluding carboxylic acids is 2. The van der Waals surface area contributed by atoms with Gasteiger partial charge in [-0.2, -0.15) is 0 Å². The Morgan fingerprint density at radius 2 is 2.04 bits per heavy atom. The zero-order valence-electron chi connectivity index (χ0n) is 15.9. The number of rotatable bonds is 5. The van der Waals surface area contributed by atoms with Crippen molar-refractivity contribution in [2.24, 2.45) is 0 Å². The maximum Gasteiger partial charge on any atom is 0.255 e. The van der Waals surface area contributed by atoms with E-state index in [0.717, 1.165) is 22.2 Å². The molecule has 4 rings (SSSR count). The van der Waals surface area contributed by atoms with Crippen LogP contribution in [-0.2, 0) is 17.9 Å². The zero-order chi connectivity index (χ0) is 19.8. The Morgan fingerprint density at radius 1 is 1.25 bits per heavy atom. The fourth-order valence-corrected chi connectivity index (χ4v) is 3.89. The number of nitrogens with zero attached hydrogens (tertiary/aromatic N) is 2. The van der Waals surface area contributed by atoms with E-state index in [1.54, 1.807) is 22.9 Å². The van der Waals surface area contributed by atoms with E-state index in [9.17, 15) is 14.0 Å². The first-order valence-corrected chi connectivity index (χ1v) is 9.39. The predicted octanol–water partition coefficient (Wildman–Crippen LogP) is 3.70. The first kappa shape index (κ1) is 18.2. The smallest absolute Gasteiger partial charge is 0.255 e. The number of amides is 2. The van der Waals surface area contributed by atoms with E-state index in [-0.39, 0.29) is 17.6 Å². The third-order valence-corrected chi connectivity index (χ3v) is 5.32. The number of hydrogen-bond donors (Lipinski definition) is 1. The van der Waals surface area contributed by atoms with Crippen molar-refractivity contribution in [2.45, 2.75) is 32.5 Å². The Morgan fingerprint density at radius 3 is 2.79 bits per heavy atom. The predicted molar refractivity (Wildman–Crippen MR) is 105 cm³/mol. The van der Waals surface area contributed by atoms with Crippen molar-refractivity contribution >= 4 is 22.7 Å². The average Bonchev–Trinajstić information content (AvgIpc) is 3.23. The van der Waals surface area contributed by atoms with Gasteiger partial charge in [0.2, 0.25) is 5.91 Å². The number of carbonyl (C=O) groups is 2. The SMILES string of the molecule is CCC(C(=O)N(C)Cc1cc2cc(F)ccc2[nH]1)N1Cc2ccccc2C1=O. The Labute approximate surface area is 162 Å². The second kappa shape index (κ2) is 7.11. The van der Waals surface area contributed by atoms with Gasteiger partial charge in [0.05, 0.1) is 6.54 Å². The summed E-state index contributed by atoms with van der Waals surface area (Å²) < 4.78 is 13.4. The molecule has 144 valence electrons. The average molecular weight is 379 g/mol. The molecule has 3 aromatic rings. The van der Waals surface area contributed by atoms with Crippen LogP contribution in [0.15, 0.2) is 48.5 Å². The molecule has 1 aliphatic rings. The molecule has 0 radical (unpaired) electrons. The summed E-state index contributed by atoms with van der Waals surface area (Å²) in [6.45, 7) is 2.73. The van der Waals surface area contributed by atoms with Crippen LogP contribution < -0.4 is 0 Å². The van der Waals surface area contributed by atoms with Gasteiger partial charge in [-0.1, -0.05) is 25.1 Å². The monoisotopic (exact) mass is 379 g/mol. The maximum absolute atomic E-state index is 13.4. The van der Waals surface area contributed by atoms with E-state index in [1.807, 2.05) is 37.3 Å². The summed E-state index contributed by atoms with van der Waals surface area (Å²) in [6, 6.07) is 13.4. The molecule has 0 spiro atoms. The van der Waals surface area contributed by atoms with Gasteiger partial charge in [0.25, 0.3) is 5.91 Å². The fraction of sp³-hybridized carbons (Fsp3) is 0.273. The van der Waals surface area contributed by atoms with Crippen molar-refractivity contribution in [3.8, 4) is 0 Å². The molecular weight excluding hydrogens is 357 g/mol. The van der Waals surface area contributed by atoms with Crippen LogP contribution >= 0.6 is 0 Å². The van der Waals surface area contributed by atoms with Crippen molar-refractivity contribution in [1.29, 1.82) is 0 Å². The normalized spacial score (nSPS) is 14.4. The maximum atomic E-state index is 13.4. The van der Waals surface area contributed by atoms with Crippen LogP contribution in [-0.4, -0.2) is 39.7 Å². The molecule has 5 nitrogen and oxygen atoms in total. The zero-order valence-corrected chi connectivity index (χ0v) is 15.9. The molecule has 0 saturated heterocycles. The van der Waals surface area contributed by atoms with Crippen molar-refractivity contribution in [3.63, 3.8) is 0 Å². The highest BCUT2D eigenvalue weighted by Gasteiger charge is 2.36. The van der Waals surface area contributed by atoms with Gasteiger partial charge in [-0.15, -0.1) is 0 Å². The van der Waals surface area contributed by atoms with Gasteiger partial charge in [-0.25, -0.2) is 4.39 Å². The van der Waals surface area contributed by atoms with Crippen molar-refractivity contribution in [2.75, 3.05) is 7.05 Å². The van der Waals surface area contributed by atoms with Gasteiger partial charge in [-0.05, 0) is 42.3 Å². The molecule has 1 atom stereocenters. The molecule has 1 aromatic heterocycles. The van der Waals surface area contributed by atoms with E-state index >= 15 is 0 Å². The minimum absolute atomic E-state index is 0.0923. The molecule has 0 fully saturated rings. The van der Waals surface area contributed by atoms with Gasteiger partial charge in [-0.3, -0.25) is 9.59 Å². The third-order valence-electron chi connectivity index (χ3n) is 5.32. The van der Waals surface area contributed by atoms with E-state index in [2.05, 4.69) is 4.98 Å². The summed E-state index contributed by atoms with van der Waals surface area (Å²) in [5.74, 6) is -0.487. The number of halogens is 1. The Bertz CT molecular complexity index is 1060. The van der Waals surface area contributed by atoms with E-state index < -0.39 is 6.04 Å². The largest absolute Gasteiger partial charge is 0.357 e. The van der Waals surface area contributed by atoms with Crippen LogP contribution in [0.1, 0.15) is 35.0 Å². The van der Waals surface area contributed by atoms with Gasteiger partial charge in [0, 0.05) is 35.8 Å². The highest BCUT2D eigenvalue weighted by atomic mass is 19.1. The summed E-state index contributed by atoms with van der Waals surface area (Å²) in [4.78, 5) is 32.3. The summed E-state index contributed by atoms with van der Waals surface area (Å²) in [5.41, 5.74) is 3.28. The van der Waals surface area contributed by atoms with Crippen LogP contribution in [0, 0.1) is 5.82 Å². The van der Waals surface area contributed by atoms with E-state index in [0.29, 0.717) is 25.1 Å². The second-order valence-corrected chi connectivity index (χ2v) is 7.23. The third kappa shape index (κ3) is 3.15. The quantitative estimate of drug-likeness (QED) is 0.735. The molecule has 0 aliphatic carbocycles. The molecule has 2 heterocycles. The topological polar surface area (TPSA) is 56.4 Å². The fourth-order valence-electron chi connectivity index (χ4n) is 3.89. The second-order valence-electron chi connectivity index (χ2n) is 7.23. The van der Waals surface area contributed by atoms with Gasteiger partial charge in [0.1, 0.15) is 11.9 Å². The summed E-state index contributed by atoms with van der Waals surface area (Å²) in [5, 5.41) is 0.771. The molecule has 0 saturated carbocycles. The van der Waals surface area contributed by atoms with Gasteiger partial charge < -0.3 is 14.8 Å². The number of aromatic amines is 1. The minimum atomic E-state index is -0.508. The number of H-pyrrole nitrogens is 1. The van der Waals surface area contributed by atoms with Crippen LogP contribution in [0.3, 0.4) is 0 Å². The van der Waals surface area contributed by atoms with Crippen LogP contribution in [0.25, 0.3) is 10.9 Å². The number of hydrogen-bond acceptors (Lipinski definition) is 2. The number of fused-ring (bicyclic) bond motifs is 2. The van der Waals surface area contributed by atoms with E-state index in [4.69, 9.17) is 0 Å². The van der Waals surface area contributed by atoms with Crippen LogP contribution in [0.4, 0.5) is 4.39 Å². The lowest BCUT2D eigenvalue weighted by atomic mass is 10.1. The van der Waals surface area contributed by atoms with Crippen molar-refractivity contribution in [1.82, 2.24) is 14.8 Å². The molecular formula is C22H22FN3O2. The summed E-state index contributed by atoms with van der Waals surface area (Å²) in [7, 11) is 1.73. The molecule has 2 amide bonds. The first-order valence-electron chi connectivity index (χ1n) is 9.39. The number of nitrogens with one attached hydrogen (secondary N) is 1. The molecule has 1 unspecified atom stereocenters. The first-order chi connectivity index (χ1) is 13.5. The summed E-state index contributed by atoms with van der Waals surface area (Å²) >= 11 is 0. The lowest BCUT2D eigenvalue weighted by Crippen LogP contribution is -2.47. The number of aromatic nitrogens is 1. The highest BCUT2D eigenvalue weighted by molar-refractivity contribution is 6.01. The standard InChI is InChI=1S/C22H22FN3O2/c1-3-20(26-12-14-6-4-5-7-18(14)21(26)27)22(28)25(2)13-17-11-15-10-16(23)8-9-19(15)24-17/h4-11,20,24H,3,12-13H2,1-2H3. The Kier molecular flexibility index (Phi) is 4.63.